The summed E-state index contributed by atoms with van der Waals surface area (Å²) in [5.41, 5.74) is 2.28. The van der Waals surface area contributed by atoms with Crippen molar-refractivity contribution in [2.45, 2.75) is 39.3 Å². The van der Waals surface area contributed by atoms with E-state index < -0.39 is 0 Å². The van der Waals surface area contributed by atoms with Crippen molar-refractivity contribution < 1.29 is 18.8 Å². The molecule has 5 nitrogen and oxygen atoms in total. The lowest BCUT2D eigenvalue weighted by Gasteiger charge is -2.09. The van der Waals surface area contributed by atoms with Crippen LogP contribution in [0.3, 0.4) is 0 Å². The number of hydrogen-bond acceptors (Lipinski definition) is 3. The summed E-state index contributed by atoms with van der Waals surface area (Å²) in [6.45, 7) is 4.78. The topological polar surface area (TPSA) is 51.4 Å². The molecule has 0 spiro atoms. The van der Waals surface area contributed by atoms with Gasteiger partial charge in [-0.15, -0.1) is 0 Å². The first kappa shape index (κ1) is 16.3. The number of hydrogen-bond donors (Lipinski definition) is 1. The summed E-state index contributed by atoms with van der Waals surface area (Å²) < 4.78 is 12.6. The highest BCUT2D eigenvalue weighted by molar-refractivity contribution is 5.78. The Bertz CT molecular complexity index is 713. The van der Waals surface area contributed by atoms with E-state index in [2.05, 4.69) is 24.4 Å². The van der Waals surface area contributed by atoms with E-state index in [1.165, 1.54) is 5.56 Å². The number of ether oxygens (including phenoxy) is 2. The normalized spacial score (nSPS) is 13.6. The molecule has 1 N–H and O–H groups in total. The van der Waals surface area contributed by atoms with Gasteiger partial charge in [0.2, 0.25) is 12.8 Å². The van der Waals surface area contributed by atoms with Crippen LogP contribution in [0.1, 0.15) is 37.4 Å². The third-order valence-corrected chi connectivity index (χ3v) is 4.19. The molecule has 1 aliphatic heterocycles. The van der Waals surface area contributed by atoms with Gasteiger partial charge in [0.05, 0.1) is 0 Å². The maximum atomic E-state index is 12.4. The lowest BCUT2D eigenvalue weighted by Crippen LogP contribution is -2.46. The summed E-state index contributed by atoms with van der Waals surface area (Å²) in [5.74, 6) is 1.47. The highest BCUT2D eigenvalue weighted by Gasteiger charge is 2.21. The van der Waals surface area contributed by atoms with Crippen LogP contribution < -0.4 is 19.4 Å². The number of carbonyl (C=O) groups is 1. The van der Waals surface area contributed by atoms with Gasteiger partial charge in [-0.3, -0.25) is 4.79 Å². The summed E-state index contributed by atoms with van der Waals surface area (Å²) in [6.07, 6.45) is 6.12. The zero-order valence-corrected chi connectivity index (χ0v) is 14.1. The Balaban J connectivity index is 1.57. The Hall–Kier alpha value is -2.56. The fraction of sp³-hybridized carbons (Fsp3) is 0.368. The van der Waals surface area contributed by atoms with Gasteiger partial charge in [-0.1, -0.05) is 19.4 Å². The molecule has 0 radical (unpaired) electrons. The molecule has 2 heterocycles. The number of nitrogens with one attached hydrogen (secondary N) is 1. The predicted octanol–water partition coefficient (Wildman–Crippen LogP) is 2.53. The van der Waals surface area contributed by atoms with E-state index in [0.717, 1.165) is 29.9 Å². The number of rotatable bonds is 6. The SMILES string of the molecule is CCCc1cc[n+]([C@@H](C)C(=O)NCc2ccc3c(c2)OCO3)cc1. The number of nitrogens with zero attached hydrogens (tertiary/aromatic N) is 1. The van der Waals surface area contributed by atoms with Gasteiger partial charge in [0.1, 0.15) is 0 Å². The Labute approximate surface area is 142 Å². The zero-order chi connectivity index (χ0) is 16.9. The summed E-state index contributed by atoms with van der Waals surface area (Å²) in [7, 11) is 0. The van der Waals surface area contributed by atoms with Gasteiger partial charge in [0.15, 0.2) is 23.9 Å². The van der Waals surface area contributed by atoms with Gasteiger partial charge in [0, 0.05) is 25.6 Å². The van der Waals surface area contributed by atoms with Crippen molar-refractivity contribution in [1.82, 2.24) is 5.32 Å². The molecule has 0 bridgehead atoms. The number of amides is 1. The Morgan fingerprint density at radius 1 is 1.17 bits per heavy atom. The molecule has 1 aromatic heterocycles. The molecule has 24 heavy (non-hydrogen) atoms. The van der Waals surface area contributed by atoms with Crippen LogP contribution in [0.2, 0.25) is 0 Å². The second-order valence-corrected chi connectivity index (χ2v) is 5.98. The molecule has 0 saturated heterocycles. The maximum absolute atomic E-state index is 12.4. The summed E-state index contributed by atoms with van der Waals surface area (Å²) >= 11 is 0. The fourth-order valence-corrected chi connectivity index (χ4v) is 2.71. The number of carbonyl (C=O) groups excluding carboxylic acids is 1. The Kier molecular flexibility index (Phi) is 4.99. The first-order chi connectivity index (χ1) is 11.7. The minimum absolute atomic E-state index is 0.0130. The molecule has 1 amide bonds. The first-order valence-corrected chi connectivity index (χ1v) is 8.33. The maximum Gasteiger partial charge on any atom is 0.289 e. The van der Waals surface area contributed by atoms with E-state index in [4.69, 9.17) is 9.47 Å². The van der Waals surface area contributed by atoms with Crippen LogP contribution >= 0.6 is 0 Å². The summed E-state index contributed by atoms with van der Waals surface area (Å²) in [4.78, 5) is 12.4. The van der Waals surface area contributed by atoms with Crippen LogP contribution in [0.4, 0.5) is 0 Å². The van der Waals surface area contributed by atoms with E-state index in [1.807, 2.05) is 42.1 Å². The quantitative estimate of drug-likeness (QED) is 0.830. The zero-order valence-electron chi connectivity index (χ0n) is 14.1. The predicted molar refractivity (Wildman–Crippen MR) is 89.8 cm³/mol. The van der Waals surface area contributed by atoms with Crippen molar-refractivity contribution in [3.05, 3.63) is 53.9 Å². The number of aromatic nitrogens is 1. The van der Waals surface area contributed by atoms with Crippen LogP contribution in [0, 0.1) is 0 Å². The van der Waals surface area contributed by atoms with E-state index in [1.54, 1.807) is 0 Å². The van der Waals surface area contributed by atoms with Crippen LogP contribution in [-0.2, 0) is 17.8 Å². The minimum Gasteiger partial charge on any atom is -0.454 e. The molecule has 1 atom stereocenters. The van der Waals surface area contributed by atoms with Crippen molar-refractivity contribution >= 4 is 5.91 Å². The highest BCUT2D eigenvalue weighted by Crippen LogP contribution is 2.32. The van der Waals surface area contributed by atoms with Crippen molar-refractivity contribution in [3.8, 4) is 11.5 Å². The third kappa shape index (κ3) is 3.67. The van der Waals surface area contributed by atoms with Crippen LogP contribution in [0.25, 0.3) is 0 Å². The van der Waals surface area contributed by atoms with Crippen molar-refractivity contribution in [1.29, 1.82) is 0 Å². The van der Waals surface area contributed by atoms with Crippen LogP contribution in [0.5, 0.6) is 11.5 Å². The second kappa shape index (κ2) is 7.34. The van der Waals surface area contributed by atoms with Gasteiger partial charge in [-0.2, -0.15) is 4.57 Å². The molecule has 1 aromatic carbocycles. The molecule has 2 aromatic rings. The van der Waals surface area contributed by atoms with E-state index in [0.29, 0.717) is 6.54 Å². The lowest BCUT2D eigenvalue weighted by atomic mass is 10.1. The summed E-state index contributed by atoms with van der Waals surface area (Å²) in [6, 6.07) is 9.60. The fourth-order valence-electron chi connectivity index (χ4n) is 2.71. The van der Waals surface area contributed by atoms with Crippen LogP contribution in [-0.4, -0.2) is 12.7 Å². The Morgan fingerprint density at radius 3 is 2.67 bits per heavy atom. The molecule has 0 fully saturated rings. The van der Waals surface area contributed by atoms with Crippen molar-refractivity contribution in [2.75, 3.05) is 6.79 Å². The number of aryl methyl sites for hydroxylation is 1. The molecule has 0 saturated carbocycles. The molecule has 3 rings (SSSR count). The monoisotopic (exact) mass is 327 g/mol. The van der Waals surface area contributed by atoms with Gasteiger partial charge in [-0.25, -0.2) is 0 Å². The van der Waals surface area contributed by atoms with Crippen LogP contribution in [0.15, 0.2) is 42.7 Å². The average Bonchev–Trinajstić information content (AvgIpc) is 3.07. The average molecular weight is 327 g/mol. The Morgan fingerprint density at radius 2 is 1.92 bits per heavy atom. The van der Waals surface area contributed by atoms with Crippen molar-refractivity contribution in [2.24, 2.45) is 0 Å². The van der Waals surface area contributed by atoms with Gasteiger partial charge >= 0.3 is 0 Å². The number of pyridine rings is 1. The number of fused-ring (bicyclic) bond motifs is 1. The van der Waals surface area contributed by atoms with Gasteiger partial charge in [-0.05, 0) is 29.7 Å². The molecule has 1 aliphatic rings. The molecule has 5 heteroatoms. The summed E-state index contributed by atoms with van der Waals surface area (Å²) in [5, 5.41) is 2.97. The highest BCUT2D eigenvalue weighted by atomic mass is 16.7. The molecular formula is C19H23N2O3+. The van der Waals surface area contributed by atoms with Gasteiger partial charge in [0.25, 0.3) is 5.91 Å². The molecule has 0 aliphatic carbocycles. The largest absolute Gasteiger partial charge is 0.454 e. The molecule has 126 valence electrons. The smallest absolute Gasteiger partial charge is 0.289 e. The van der Waals surface area contributed by atoms with Gasteiger partial charge < -0.3 is 14.8 Å². The standard InChI is InChI=1S/C19H22N2O3/c1-3-4-15-7-9-21(10-8-15)14(2)19(22)20-12-16-5-6-17-18(11-16)24-13-23-17/h5-11,14H,3-4,12-13H2,1-2H3/p+1/t14-/m0/s1. The number of benzene rings is 1. The third-order valence-electron chi connectivity index (χ3n) is 4.19. The first-order valence-electron chi connectivity index (χ1n) is 8.33. The second-order valence-electron chi connectivity index (χ2n) is 5.98. The molecular weight excluding hydrogens is 304 g/mol. The van der Waals surface area contributed by atoms with E-state index in [9.17, 15) is 4.79 Å². The van der Waals surface area contributed by atoms with Crippen molar-refractivity contribution in [3.63, 3.8) is 0 Å². The molecule has 0 unspecified atom stereocenters. The minimum atomic E-state index is -0.255. The van der Waals surface area contributed by atoms with E-state index >= 15 is 0 Å². The van der Waals surface area contributed by atoms with E-state index in [-0.39, 0.29) is 18.7 Å². The lowest BCUT2D eigenvalue weighted by molar-refractivity contribution is -0.706.